The van der Waals surface area contributed by atoms with E-state index in [9.17, 15) is 9.59 Å². The Hall–Kier alpha value is -3.46. The van der Waals surface area contributed by atoms with E-state index in [1.807, 2.05) is 12.1 Å². The number of hydrogen-bond acceptors (Lipinski definition) is 6. The molecule has 3 amide bonds. The molecule has 9 nitrogen and oxygen atoms in total. The molecule has 1 saturated heterocycles. The van der Waals surface area contributed by atoms with Gasteiger partial charge in [0.05, 0.1) is 25.5 Å². The van der Waals surface area contributed by atoms with Gasteiger partial charge in [0.15, 0.2) is 0 Å². The van der Waals surface area contributed by atoms with Crippen molar-refractivity contribution in [1.29, 1.82) is 0 Å². The highest BCUT2D eigenvalue weighted by Crippen LogP contribution is 2.30. The van der Waals surface area contributed by atoms with Crippen molar-refractivity contribution in [3.63, 3.8) is 0 Å². The largest absolute Gasteiger partial charge is 0.497 e. The summed E-state index contributed by atoms with van der Waals surface area (Å²) in [5.74, 6) is 0.971. The number of amides is 3. The zero-order chi connectivity index (χ0) is 25.2. The third-order valence-corrected chi connectivity index (χ3v) is 6.21. The van der Waals surface area contributed by atoms with Crippen molar-refractivity contribution < 1.29 is 19.1 Å². The molecule has 1 aliphatic rings. The molecule has 1 fully saturated rings. The van der Waals surface area contributed by atoms with Gasteiger partial charge in [-0.25, -0.2) is 4.79 Å². The topological polar surface area (TPSA) is 95.2 Å². The van der Waals surface area contributed by atoms with Gasteiger partial charge in [-0.3, -0.25) is 4.79 Å². The Bertz CT molecular complexity index is 1000. The monoisotopic (exact) mass is 483 g/mol. The Labute approximate surface area is 207 Å². The summed E-state index contributed by atoms with van der Waals surface area (Å²) in [6.45, 7) is 9.31. The van der Waals surface area contributed by atoms with Crippen LogP contribution in [0.1, 0.15) is 37.0 Å². The van der Waals surface area contributed by atoms with Gasteiger partial charge < -0.3 is 35.2 Å². The number of nitrogens with one attached hydrogen (secondary N) is 3. The van der Waals surface area contributed by atoms with Gasteiger partial charge in [-0.15, -0.1) is 0 Å². The molecule has 2 aromatic carbocycles. The van der Waals surface area contributed by atoms with E-state index < -0.39 is 6.03 Å². The van der Waals surface area contributed by atoms with Gasteiger partial charge in [0.1, 0.15) is 11.5 Å². The van der Waals surface area contributed by atoms with Crippen molar-refractivity contribution in [2.45, 2.75) is 26.7 Å². The van der Waals surface area contributed by atoms with Gasteiger partial charge in [0, 0.05) is 43.6 Å². The number of carbonyl (C=O) groups is 2. The van der Waals surface area contributed by atoms with Crippen molar-refractivity contribution in [3.05, 3.63) is 42.0 Å². The van der Waals surface area contributed by atoms with Crippen LogP contribution in [0.4, 0.5) is 21.9 Å². The summed E-state index contributed by atoms with van der Waals surface area (Å²) in [6, 6.07) is 10.2. The third kappa shape index (κ3) is 7.02. The summed E-state index contributed by atoms with van der Waals surface area (Å²) in [7, 11) is 3.10. The lowest BCUT2D eigenvalue weighted by Crippen LogP contribution is -2.35. The highest BCUT2D eigenvalue weighted by Gasteiger charge is 2.21. The van der Waals surface area contributed by atoms with E-state index in [0.29, 0.717) is 35.0 Å². The molecule has 0 aromatic heterocycles. The summed E-state index contributed by atoms with van der Waals surface area (Å²) in [5, 5.41) is 8.67. The Balaban J connectivity index is 1.74. The van der Waals surface area contributed by atoms with Gasteiger partial charge in [-0.05, 0) is 56.3 Å². The van der Waals surface area contributed by atoms with E-state index in [1.165, 1.54) is 7.11 Å². The predicted octanol–water partition coefficient (Wildman–Crippen LogP) is 4.02. The number of ether oxygens (including phenoxy) is 2. The van der Waals surface area contributed by atoms with Gasteiger partial charge >= 0.3 is 6.03 Å². The van der Waals surface area contributed by atoms with Crippen LogP contribution in [0.2, 0.25) is 0 Å². The maximum Gasteiger partial charge on any atom is 0.323 e. The van der Waals surface area contributed by atoms with Crippen molar-refractivity contribution in [2.75, 3.05) is 69.0 Å². The summed E-state index contributed by atoms with van der Waals surface area (Å²) in [5.41, 5.74) is 2.50. The lowest BCUT2D eigenvalue weighted by molar-refractivity contribution is 0.0949. The first kappa shape index (κ1) is 26.2. The number of benzene rings is 2. The van der Waals surface area contributed by atoms with Gasteiger partial charge in [-0.1, -0.05) is 13.8 Å². The first-order valence-corrected chi connectivity index (χ1v) is 12.2. The van der Waals surface area contributed by atoms with Crippen molar-refractivity contribution in [1.82, 2.24) is 10.2 Å². The molecule has 3 N–H and O–H groups in total. The van der Waals surface area contributed by atoms with Crippen LogP contribution in [0.3, 0.4) is 0 Å². The second-order valence-corrected chi connectivity index (χ2v) is 8.35. The summed E-state index contributed by atoms with van der Waals surface area (Å²) < 4.78 is 10.6. The number of methoxy groups -OCH3 is 2. The fourth-order valence-electron chi connectivity index (χ4n) is 4.18. The summed E-state index contributed by atoms with van der Waals surface area (Å²) >= 11 is 0. The second kappa shape index (κ2) is 12.9. The SMILES string of the molecule is CCN(CC)CCNC(=O)c1cc(NC(=O)Nc2ccc(OC)cc2OC)ccc1N1CCCC1. The number of nitrogens with zero attached hydrogens (tertiary/aromatic N) is 2. The first-order chi connectivity index (χ1) is 17.0. The molecule has 0 atom stereocenters. The molecule has 0 bridgehead atoms. The standard InChI is InChI=1S/C26H37N5O4/c1-5-30(6-2)16-13-27-25(32)21-17-19(9-12-23(21)31-14-7-8-15-31)28-26(33)29-22-11-10-20(34-3)18-24(22)35-4/h9-12,17-18H,5-8,13-16H2,1-4H3,(H,27,32)(H2,28,29,33). The van der Waals surface area contributed by atoms with Crippen LogP contribution in [-0.2, 0) is 0 Å². The van der Waals surface area contributed by atoms with E-state index in [-0.39, 0.29) is 5.91 Å². The minimum absolute atomic E-state index is 0.139. The molecule has 9 heteroatoms. The average molecular weight is 484 g/mol. The van der Waals surface area contributed by atoms with Crippen molar-refractivity contribution >= 4 is 29.0 Å². The molecule has 0 radical (unpaired) electrons. The number of urea groups is 1. The summed E-state index contributed by atoms with van der Waals surface area (Å²) in [4.78, 5) is 30.3. The third-order valence-electron chi connectivity index (χ3n) is 6.21. The molecule has 1 heterocycles. The van der Waals surface area contributed by atoms with Crippen LogP contribution in [0.15, 0.2) is 36.4 Å². The van der Waals surface area contributed by atoms with Gasteiger partial charge in [0.2, 0.25) is 0 Å². The van der Waals surface area contributed by atoms with Gasteiger partial charge in [-0.2, -0.15) is 0 Å². The minimum Gasteiger partial charge on any atom is -0.497 e. The van der Waals surface area contributed by atoms with E-state index in [2.05, 4.69) is 39.6 Å². The number of hydrogen-bond donors (Lipinski definition) is 3. The number of carbonyl (C=O) groups excluding carboxylic acids is 2. The van der Waals surface area contributed by atoms with Crippen molar-refractivity contribution in [3.8, 4) is 11.5 Å². The zero-order valence-electron chi connectivity index (χ0n) is 21.1. The molecule has 3 rings (SSSR count). The number of rotatable bonds is 11. The van der Waals surface area contributed by atoms with Crippen LogP contribution in [0.25, 0.3) is 0 Å². The maximum atomic E-state index is 13.1. The molecule has 190 valence electrons. The molecular formula is C26H37N5O4. The Morgan fingerprint density at radius 1 is 0.971 bits per heavy atom. The molecule has 2 aromatic rings. The first-order valence-electron chi connectivity index (χ1n) is 12.2. The van der Waals surface area contributed by atoms with Crippen molar-refractivity contribution in [2.24, 2.45) is 0 Å². The van der Waals surface area contributed by atoms with Gasteiger partial charge in [0.25, 0.3) is 5.91 Å². The fourth-order valence-corrected chi connectivity index (χ4v) is 4.18. The van der Waals surface area contributed by atoms with Crippen LogP contribution in [-0.4, -0.2) is 70.3 Å². The molecule has 35 heavy (non-hydrogen) atoms. The Morgan fingerprint density at radius 3 is 2.37 bits per heavy atom. The van der Waals surface area contributed by atoms with E-state index in [0.717, 1.165) is 51.3 Å². The second-order valence-electron chi connectivity index (χ2n) is 8.35. The van der Waals surface area contributed by atoms with E-state index in [4.69, 9.17) is 9.47 Å². The molecule has 1 aliphatic heterocycles. The van der Waals surface area contributed by atoms with Crippen LogP contribution < -0.4 is 30.3 Å². The lowest BCUT2D eigenvalue weighted by atomic mass is 10.1. The van der Waals surface area contributed by atoms with Crippen LogP contribution in [0.5, 0.6) is 11.5 Å². The minimum atomic E-state index is -0.435. The van der Waals surface area contributed by atoms with Crippen LogP contribution in [0, 0.1) is 0 Å². The normalized spacial score (nSPS) is 13.0. The molecule has 0 aliphatic carbocycles. The smallest absolute Gasteiger partial charge is 0.323 e. The maximum absolute atomic E-state index is 13.1. The molecule has 0 saturated carbocycles. The lowest BCUT2D eigenvalue weighted by Gasteiger charge is -2.23. The highest BCUT2D eigenvalue weighted by molar-refractivity contribution is 6.04. The average Bonchev–Trinajstić information content (AvgIpc) is 3.41. The number of anilines is 3. The predicted molar refractivity (Wildman–Crippen MR) is 140 cm³/mol. The van der Waals surface area contributed by atoms with E-state index >= 15 is 0 Å². The van der Waals surface area contributed by atoms with Crippen LogP contribution >= 0.6 is 0 Å². The van der Waals surface area contributed by atoms with E-state index in [1.54, 1.807) is 31.4 Å². The highest BCUT2D eigenvalue weighted by atomic mass is 16.5. The Kier molecular flexibility index (Phi) is 9.60. The molecule has 0 spiro atoms. The number of likely N-dealkylation sites (N-methyl/N-ethyl adjacent to an activating group) is 1. The zero-order valence-corrected chi connectivity index (χ0v) is 21.1. The quantitative estimate of drug-likeness (QED) is 0.447. The molecular weight excluding hydrogens is 446 g/mol. The fraction of sp³-hybridized carbons (Fsp3) is 0.462. The summed E-state index contributed by atoms with van der Waals surface area (Å²) in [6.07, 6.45) is 2.21. The molecule has 0 unspecified atom stereocenters. The Morgan fingerprint density at radius 2 is 1.71 bits per heavy atom.